The van der Waals surface area contributed by atoms with Crippen molar-refractivity contribution >= 4 is 17.7 Å². The molecule has 0 spiro atoms. The van der Waals surface area contributed by atoms with Crippen molar-refractivity contribution in [2.24, 2.45) is 0 Å². The van der Waals surface area contributed by atoms with E-state index in [0.717, 1.165) is 17.8 Å². The number of carbonyl (C=O) groups is 1. The van der Waals surface area contributed by atoms with Gasteiger partial charge in [-0.25, -0.2) is 4.79 Å². The zero-order valence-electron chi connectivity index (χ0n) is 9.03. The Balaban J connectivity index is 3.20. The molecule has 0 unspecified atom stereocenters. The van der Waals surface area contributed by atoms with E-state index >= 15 is 0 Å². The molecule has 0 fully saturated rings. The van der Waals surface area contributed by atoms with Crippen LogP contribution in [0.4, 0.5) is 5.69 Å². The van der Waals surface area contributed by atoms with Gasteiger partial charge in [0.25, 0.3) is 0 Å². The lowest BCUT2D eigenvalue weighted by molar-refractivity contribution is 0.0697. The summed E-state index contributed by atoms with van der Waals surface area (Å²) in [5.74, 6) is -0.913. The molecule has 1 N–H and O–H groups in total. The fourth-order valence-corrected chi connectivity index (χ4v) is 1.37. The summed E-state index contributed by atoms with van der Waals surface area (Å²) in [5.41, 5.74) is 2.13. The van der Waals surface area contributed by atoms with E-state index in [1.54, 1.807) is 18.2 Å². The zero-order valence-corrected chi connectivity index (χ0v) is 9.03. The van der Waals surface area contributed by atoms with Crippen molar-refractivity contribution in [1.29, 1.82) is 0 Å². The molecule has 0 atom stereocenters. The highest BCUT2D eigenvalue weighted by atomic mass is 16.4. The second-order valence-corrected chi connectivity index (χ2v) is 3.30. The first-order chi connectivity index (χ1) is 7.10. The Kier molecular flexibility index (Phi) is 3.50. The summed E-state index contributed by atoms with van der Waals surface area (Å²) in [6, 6.07) is 5.05. The van der Waals surface area contributed by atoms with Crippen LogP contribution in [0.2, 0.25) is 0 Å². The van der Waals surface area contributed by atoms with Crippen molar-refractivity contribution in [2.75, 3.05) is 18.5 Å². The molecule has 1 aromatic carbocycles. The van der Waals surface area contributed by atoms with Gasteiger partial charge >= 0.3 is 5.97 Å². The fraction of sp³-hybridized carbons (Fsp3) is 0.250. The molecule has 15 heavy (non-hydrogen) atoms. The summed E-state index contributed by atoms with van der Waals surface area (Å²) >= 11 is 0. The van der Waals surface area contributed by atoms with Gasteiger partial charge < -0.3 is 10.0 Å². The molecule has 3 nitrogen and oxygen atoms in total. The first kappa shape index (κ1) is 11.3. The van der Waals surface area contributed by atoms with E-state index in [2.05, 4.69) is 6.58 Å². The Bertz CT molecular complexity index is 385. The number of carboxylic acids is 1. The van der Waals surface area contributed by atoms with Crippen LogP contribution in [0.3, 0.4) is 0 Å². The first-order valence-corrected chi connectivity index (χ1v) is 4.81. The molecule has 0 amide bonds. The fourth-order valence-electron chi connectivity index (χ4n) is 1.37. The van der Waals surface area contributed by atoms with E-state index in [1.807, 2.05) is 24.9 Å². The van der Waals surface area contributed by atoms with E-state index in [0.29, 0.717) is 0 Å². The van der Waals surface area contributed by atoms with Gasteiger partial charge in [-0.3, -0.25) is 0 Å². The maximum atomic E-state index is 10.8. The summed E-state index contributed by atoms with van der Waals surface area (Å²) in [6.45, 7) is 6.60. The predicted octanol–water partition coefficient (Wildman–Crippen LogP) is 2.48. The molecule has 0 saturated heterocycles. The smallest absolute Gasteiger partial charge is 0.335 e. The van der Waals surface area contributed by atoms with Gasteiger partial charge in [-0.2, -0.15) is 0 Å². The van der Waals surface area contributed by atoms with Crippen molar-refractivity contribution in [1.82, 2.24) is 0 Å². The van der Waals surface area contributed by atoms with E-state index in [9.17, 15) is 4.79 Å². The average molecular weight is 205 g/mol. The summed E-state index contributed by atoms with van der Waals surface area (Å²) < 4.78 is 0. The van der Waals surface area contributed by atoms with Crippen molar-refractivity contribution in [3.05, 3.63) is 35.9 Å². The van der Waals surface area contributed by atoms with Crippen LogP contribution in [0.5, 0.6) is 0 Å². The molecule has 0 heterocycles. The van der Waals surface area contributed by atoms with E-state index in [4.69, 9.17) is 5.11 Å². The molecular formula is C12H15NO2. The lowest BCUT2D eigenvalue weighted by atomic mass is 10.1. The van der Waals surface area contributed by atoms with Crippen molar-refractivity contribution in [2.45, 2.75) is 6.92 Å². The minimum Gasteiger partial charge on any atom is -0.478 e. The maximum Gasteiger partial charge on any atom is 0.335 e. The van der Waals surface area contributed by atoms with Gasteiger partial charge in [0, 0.05) is 19.3 Å². The SMILES string of the molecule is C=Cc1cc(C(=O)O)ccc1N(C)CC. The average Bonchev–Trinajstić information content (AvgIpc) is 2.27. The van der Waals surface area contributed by atoms with Crippen LogP contribution in [-0.2, 0) is 0 Å². The normalized spacial score (nSPS) is 9.73. The highest BCUT2D eigenvalue weighted by Crippen LogP contribution is 2.22. The highest BCUT2D eigenvalue weighted by molar-refractivity contribution is 5.89. The summed E-state index contributed by atoms with van der Waals surface area (Å²) in [4.78, 5) is 12.8. The van der Waals surface area contributed by atoms with Crippen LogP contribution in [-0.4, -0.2) is 24.7 Å². The summed E-state index contributed by atoms with van der Waals surface area (Å²) in [7, 11) is 1.96. The Morgan fingerprint density at radius 3 is 2.73 bits per heavy atom. The minimum atomic E-state index is -0.913. The topological polar surface area (TPSA) is 40.5 Å². The molecule has 1 aromatic rings. The molecule has 80 valence electrons. The van der Waals surface area contributed by atoms with Gasteiger partial charge in [-0.05, 0) is 30.7 Å². The zero-order chi connectivity index (χ0) is 11.4. The number of hydrogen-bond acceptors (Lipinski definition) is 2. The van der Waals surface area contributed by atoms with Gasteiger partial charge in [0.1, 0.15) is 0 Å². The number of hydrogen-bond donors (Lipinski definition) is 1. The lowest BCUT2D eigenvalue weighted by Crippen LogP contribution is -2.17. The molecule has 0 aliphatic heterocycles. The molecule has 0 aliphatic carbocycles. The van der Waals surface area contributed by atoms with Crippen LogP contribution >= 0.6 is 0 Å². The van der Waals surface area contributed by atoms with Crippen LogP contribution in [0.25, 0.3) is 6.08 Å². The Morgan fingerprint density at radius 2 is 2.27 bits per heavy atom. The second kappa shape index (κ2) is 4.64. The number of rotatable bonds is 4. The maximum absolute atomic E-state index is 10.8. The number of carboxylic acid groups (broad SMARTS) is 1. The third-order valence-electron chi connectivity index (χ3n) is 2.38. The van der Waals surface area contributed by atoms with Crippen LogP contribution < -0.4 is 4.90 Å². The minimum absolute atomic E-state index is 0.290. The molecule has 0 saturated carbocycles. The molecule has 0 radical (unpaired) electrons. The molecule has 0 aliphatic rings. The monoisotopic (exact) mass is 205 g/mol. The number of aromatic carboxylic acids is 1. The lowest BCUT2D eigenvalue weighted by Gasteiger charge is -2.19. The standard InChI is InChI=1S/C12H15NO2/c1-4-9-8-10(12(14)15)6-7-11(9)13(3)5-2/h4,6-8H,1,5H2,2-3H3,(H,14,15). The molecule has 3 heteroatoms. The third kappa shape index (κ3) is 2.37. The number of benzene rings is 1. The third-order valence-corrected chi connectivity index (χ3v) is 2.38. The van der Waals surface area contributed by atoms with Gasteiger partial charge in [0.2, 0.25) is 0 Å². The summed E-state index contributed by atoms with van der Waals surface area (Å²) in [6.07, 6.45) is 1.67. The second-order valence-electron chi connectivity index (χ2n) is 3.30. The highest BCUT2D eigenvalue weighted by Gasteiger charge is 2.08. The molecule has 0 aromatic heterocycles. The summed E-state index contributed by atoms with van der Waals surface area (Å²) in [5, 5.41) is 8.84. The number of anilines is 1. The Hall–Kier alpha value is -1.77. The van der Waals surface area contributed by atoms with Gasteiger partial charge in [-0.15, -0.1) is 0 Å². The van der Waals surface area contributed by atoms with E-state index < -0.39 is 5.97 Å². The van der Waals surface area contributed by atoms with Crippen LogP contribution in [0, 0.1) is 0 Å². The van der Waals surface area contributed by atoms with Crippen LogP contribution in [0.1, 0.15) is 22.8 Å². The van der Waals surface area contributed by atoms with Crippen LogP contribution in [0.15, 0.2) is 24.8 Å². The van der Waals surface area contributed by atoms with Gasteiger partial charge in [-0.1, -0.05) is 12.7 Å². The van der Waals surface area contributed by atoms with Crippen molar-refractivity contribution in [3.8, 4) is 0 Å². The molecule has 1 rings (SSSR count). The van der Waals surface area contributed by atoms with Crippen molar-refractivity contribution < 1.29 is 9.90 Å². The Labute approximate surface area is 89.6 Å². The first-order valence-electron chi connectivity index (χ1n) is 4.81. The van der Waals surface area contributed by atoms with E-state index in [1.165, 1.54) is 0 Å². The number of nitrogens with zero attached hydrogens (tertiary/aromatic N) is 1. The largest absolute Gasteiger partial charge is 0.478 e. The van der Waals surface area contributed by atoms with Gasteiger partial charge in [0.05, 0.1) is 5.56 Å². The molecule has 0 bridgehead atoms. The quantitative estimate of drug-likeness (QED) is 0.821. The van der Waals surface area contributed by atoms with Gasteiger partial charge in [0.15, 0.2) is 0 Å². The Morgan fingerprint density at radius 1 is 1.60 bits per heavy atom. The van der Waals surface area contributed by atoms with E-state index in [-0.39, 0.29) is 5.56 Å². The van der Waals surface area contributed by atoms with Crippen molar-refractivity contribution in [3.63, 3.8) is 0 Å². The molecular weight excluding hydrogens is 190 g/mol. The predicted molar refractivity (Wildman–Crippen MR) is 62.4 cm³/mol.